The Balaban J connectivity index is 2.92. The van der Waals surface area contributed by atoms with Gasteiger partial charge in [0.2, 0.25) is 0 Å². The van der Waals surface area contributed by atoms with Crippen LogP contribution in [0.4, 0.5) is 8.78 Å². The molecule has 1 N–H and O–H groups in total. The maximum Gasteiger partial charge on any atom is 0.354 e. The summed E-state index contributed by atoms with van der Waals surface area (Å²) >= 11 is 0. The van der Waals surface area contributed by atoms with Crippen LogP contribution < -0.4 is 0 Å². The van der Waals surface area contributed by atoms with E-state index in [4.69, 9.17) is 9.84 Å². The summed E-state index contributed by atoms with van der Waals surface area (Å²) in [5.41, 5.74) is -0.325. The van der Waals surface area contributed by atoms with Gasteiger partial charge in [0, 0.05) is 25.4 Å². The molecule has 0 atom stereocenters. The van der Waals surface area contributed by atoms with E-state index >= 15 is 0 Å². The lowest BCUT2D eigenvalue weighted by Crippen LogP contribution is -2.37. The van der Waals surface area contributed by atoms with Gasteiger partial charge < -0.3 is 14.7 Å². The zero-order valence-corrected chi connectivity index (χ0v) is 10.8. The van der Waals surface area contributed by atoms with E-state index in [1.807, 2.05) is 0 Å². The number of carbonyl (C=O) groups is 2. The number of nitrogens with zero attached hydrogens (tertiary/aromatic N) is 2. The number of halogens is 2. The fourth-order valence-corrected chi connectivity index (χ4v) is 1.51. The van der Waals surface area contributed by atoms with Gasteiger partial charge in [-0.05, 0) is 12.1 Å². The largest absolute Gasteiger partial charge is 0.477 e. The van der Waals surface area contributed by atoms with Crippen molar-refractivity contribution in [2.45, 2.75) is 6.43 Å². The van der Waals surface area contributed by atoms with Crippen LogP contribution in [0.2, 0.25) is 0 Å². The van der Waals surface area contributed by atoms with Crippen LogP contribution in [0.3, 0.4) is 0 Å². The minimum absolute atomic E-state index is 0.00541. The smallest absolute Gasteiger partial charge is 0.354 e. The van der Waals surface area contributed by atoms with Crippen molar-refractivity contribution in [2.75, 3.05) is 26.8 Å². The predicted octanol–water partition coefficient (Wildman–Crippen LogP) is 1.13. The van der Waals surface area contributed by atoms with Crippen molar-refractivity contribution in [1.82, 2.24) is 9.88 Å². The average molecular weight is 288 g/mol. The number of ether oxygens (including phenoxy) is 1. The number of carboxylic acids is 1. The van der Waals surface area contributed by atoms with Crippen LogP contribution in [0, 0.1) is 0 Å². The molecule has 0 aliphatic rings. The molecule has 0 aliphatic carbocycles. The highest BCUT2D eigenvalue weighted by Crippen LogP contribution is 2.09. The number of hydrogen-bond donors (Lipinski definition) is 1. The molecule has 1 amide bonds. The molecule has 0 unspecified atom stereocenters. The van der Waals surface area contributed by atoms with Crippen molar-refractivity contribution in [3.05, 3.63) is 29.6 Å². The molecule has 20 heavy (non-hydrogen) atoms. The Hall–Kier alpha value is -2.09. The fourth-order valence-electron chi connectivity index (χ4n) is 1.51. The lowest BCUT2D eigenvalue weighted by atomic mass is 10.2. The molecule has 0 saturated carbocycles. The Bertz CT molecular complexity index is 482. The standard InChI is InChI=1S/C12H14F2N2O4/c1-20-5-4-16(7-10(13)14)11(17)8-2-3-15-9(6-8)12(18)19/h2-3,6,10H,4-5,7H2,1H3,(H,18,19). The summed E-state index contributed by atoms with van der Waals surface area (Å²) in [7, 11) is 1.39. The zero-order chi connectivity index (χ0) is 15.1. The Kier molecular flexibility index (Phi) is 5.98. The molecular weight excluding hydrogens is 274 g/mol. The minimum Gasteiger partial charge on any atom is -0.477 e. The second kappa shape index (κ2) is 7.49. The SMILES string of the molecule is COCCN(CC(F)F)C(=O)c1ccnc(C(=O)O)c1. The summed E-state index contributed by atoms with van der Waals surface area (Å²) in [6.07, 6.45) is -1.54. The lowest BCUT2D eigenvalue weighted by molar-refractivity contribution is 0.0478. The van der Waals surface area contributed by atoms with E-state index in [9.17, 15) is 18.4 Å². The normalized spacial score (nSPS) is 10.6. The van der Waals surface area contributed by atoms with Crippen molar-refractivity contribution < 1.29 is 28.2 Å². The molecule has 0 spiro atoms. The molecule has 1 aromatic heterocycles. The summed E-state index contributed by atoms with van der Waals surface area (Å²) in [5, 5.41) is 8.79. The molecule has 0 fully saturated rings. The molecule has 110 valence electrons. The van der Waals surface area contributed by atoms with E-state index in [2.05, 4.69) is 4.98 Å². The molecule has 0 bridgehead atoms. The summed E-state index contributed by atoms with van der Waals surface area (Å²) in [6.45, 7) is -0.646. The van der Waals surface area contributed by atoms with Crippen molar-refractivity contribution in [1.29, 1.82) is 0 Å². The molecule has 6 nitrogen and oxygen atoms in total. The first-order valence-electron chi connectivity index (χ1n) is 5.71. The third-order valence-electron chi connectivity index (χ3n) is 2.44. The number of amides is 1. The number of alkyl halides is 2. The molecule has 0 radical (unpaired) electrons. The second-order valence-corrected chi connectivity index (χ2v) is 3.87. The molecule has 0 aliphatic heterocycles. The lowest BCUT2D eigenvalue weighted by Gasteiger charge is -2.22. The van der Waals surface area contributed by atoms with E-state index in [-0.39, 0.29) is 24.4 Å². The van der Waals surface area contributed by atoms with Crippen molar-refractivity contribution in [3.8, 4) is 0 Å². The Morgan fingerprint density at radius 3 is 2.75 bits per heavy atom. The molecule has 0 saturated heterocycles. The number of rotatable bonds is 7. The fraction of sp³-hybridized carbons (Fsp3) is 0.417. The average Bonchev–Trinajstić information content (AvgIpc) is 2.42. The molecule has 8 heteroatoms. The monoisotopic (exact) mass is 288 g/mol. The molecule has 1 rings (SSSR count). The van der Waals surface area contributed by atoms with E-state index in [1.54, 1.807) is 0 Å². The van der Waals surface area contributed by atoms with Gasteiger partial charge in [-0.2, -0.15) is 0 Å². The van der Waals surface area contributed by atoms with E-state index in [0.29, 0.717) is 0 Å². The van der Waals surface area contributed by atoms with Crippen LogP contribution in [-0.4, -0.2) is 60.1 Å². The van der Waals surface area contributed by atoms with Gasteiger partial charge in [0.1, 0.15) is 5.69 Å². The number of aromatic carboxylic acids is 1. The number of pyridine rings is 1. The van der Waals surface area contributed by atoms with E-state index < -0.39 is 24.8 Å². The van der Waals surface area contributed by atoms with Gasteiger partial charge in [-0.15, -0.1) is 0 Å². The van der Waals surface area contributed by atoms with Crippen molar-refractivity contribution in [2.24, 2.45) is 0 Å². The summed E-state index contributed by atoms with van der Waals surface area (Å²) < 4.78 is 29.7. The summed E-state index contributed by atoms with van der Waals surface area (Å²) in [5.74, 6) is -1.98. The van der Waals surface area contributed by atoms with Crippen molar-refractivity contribution in [3.63, 3.8) is 0 Å². The van der Waals surface area contributed by atoms with Gasteiger partial charge in [-0.3, -0.25) is 4.79 Å². The van der Waals surface area contributed by atoms with Crippen LogP contribution in [0.25, 0.3) is 0 Å². The van der Waals surface area contributed by atoms with Gasteiger partial charge in [-0.1, -0.05) is 0 Å². The Morgan fingerprint density at radius 1 is 1.50 bits per heavy atom. The number of aromatic nitrogens is 1. The van der Waals surface area contributed by atoms with Gasteiger partial charge in [0.25, 0.3) is 12.3 Å². The van der Waals surface area contributed by atoms with Crippen LogP contribution >= 0.6 is 0 Å². The summed E-state index contributed by atoms with van der Waals surface area (Å²) in [4.78, 5) is 27.3. The molecule has 1 heterocycles. The van der Waals surface area contributed by atoms with Crippen LogP contribution in [0.15, 0.2) is 18.3 Å². The van der Waals surface area contributed by atoms with Crippen LogP contribution in [0.5, 0.6) is 0 Å². The zero-order valence-electron chi connectivity index (χ0n) is 10.8. The predicted molar refractivity (Wildman–Crippen MR) is 65.0 cm³/mol. The highest BCUT2D eigenvalue weighted by Gasteiger charge is 2.20. The van der Waals surface area contributed by atoms with E-state index in [1.165, 1.54) is 13.2 Å². The number of hydrogen-bond acceptors (Lipinski definition) is 4. The Labute approximate surface area is 114 Å². The Morgan fingerprint density at radius 2 is 2.20 bits per heavy atom. The minimum atomic E-state index is -2.68. The van der Waals surface area contributed by atoms with Gasteiger partial charge in [0.05, 0.1) is 13.2 Å². The molecule has 0 aromatic carbocycles. The second-order valence-electron chi connectivity index (χ2n) is 3.87. The van der Waals surface area contributed by atoms with Crippen LogP contribution in [0.1, 0.15) is 20.8 Å². The molecular formula is C12H14F2N2O4. The number of carboxylic acid groups (broad SMARTS) is 1. The third kappa shape index (κ3) is 4.54. The summed E-state index contributed by atoms with van der Waals surface area (Å²) in [6, 6.07) is 2.33. The maximum atomic E-state index is 12.5. The topological polar surface area (TPSA) is 79.7 Å². The number of carbonyl (C=O) groups excluding carboxylic acids is 1. The first kappa shape index (κ1) is 16.0. The maximum absolute atomic E-state index is 12.5. The van der Waals surface area contributed by atoms with Gasteiger partial charge >= 0.3 is 5.97 Å². The first-order chi connectivity index (χ1) is 9.45. The highest BCUT2D eigenvalue weighted by atomic mass is 19.3. The van der Waals surface area contributed by atoms with E-state index in [0.717, 1.165) is 17.2 Å². The number of methoxy groups -OCH3 is 1. The quantitative estimate of drug-likeness (QED) is 0.813. The van der Waals surface area contributed by atoms with Gasteiger partial charge in [-0.25, -0.2) is 18.6 Å². The van der Waals surface area contributed by atoms with Crippen LogP contribution in [-0.2, 0) is 4.74 Å². The van der Waals surface area contributed by atoms with Crippen molar-refractivity contribution >= 4 is 11.9 Å². The molecule has 1 aromatic rings. The van der Waals surface area contributed by atoms with Gasteiger partial charge in [0.15, 0.2) is 0 Å². The third-order valence-corrected chi connectivity index (χ3v) is 2.44. The highest BCUT2D eigenvalue weighted by molar-refractivity contribution is 5.96. The first-order valence-corrected chi connectivity index (χ1v) is 5.71.